The lowest BCUT2D eigenvalue weighted by Crippen LogP contribution is -2.34. The van der Waals surface area contributed by atoms with Crippen LogP contribution in [-0.2, 0) is 0 Å². The summed E-state index contributed by atoms with van der Waals surface area (Å²) < 4.78 is 0. The molecule has 4 N–H and O–H groups in total. The van der Waals surface area contributed by atoms with Gasteiger partial charge in [-0.05, 0) is 17.7 Å². The van der Waals surface area contributed by atoms with E-state index in [1.165, 1.54) is 6.33 Å². The van der Waals surface area contributed by atoms with Crippen molar-refractivity contribution >= 4 is 11.7 Å². The van der Waals surface area contributed by atoms with Crippen molar-refractivity contribution in [3.63, 3.8) is 0 Å². The molecule has 0 bridgehead atoms. The molecule has 17 heavy (non-hydrogen) atoms. The fourth-order valence-electron chi connectivity index (χ4n) is 1.39. The number of hydrogen-bond donors (Lipinski definition) is 3. The lowest BCUT2D eigenvalue weighted by atomic mass is 10.1. The molecule has 0 radical (unpaired) electrons. The molecule has 2 rings (SSSR count). The molecule has 0 atom stereocenters. The van der Waals surface area contributed by atoms with Crippen molar-refractivity contribution < 1.29 is 4.79 Å². The first-order valence-corrected chi connectivity index (χ1v) is 4.92. The maximum Gasteiger partial charge on any atom is 0.333 e. The minimum atomic E-state index is -0.466. The molecule has 1 aromatic heterocycles. The van der Waals surface area contributed by atoms with Gasteiger partial charge in [0.2, 0.25) is 0 Å². The number of nitrogens with one attached hydrogen (secondary N) is 2. The molecule has 0 fully saturated rings. The van der Waals surface area contributed by atoms with E-state index in [1.54, 1.807) is 18.5 Å². The molecule has 0 aliphatic carbocycles. The van der Waals surface area contributed by atoms with Crippen LogP contribution in [0.3, 0.4) is 0 Å². The number of rotatable bonds is 2. The lowest BCUT2D eigenvalue weighted by molar-refractivity contribution is 0.252. The van der Waals surface area contributed by atoms with E-state index in [-0.39, 0.29) is 0 Å². The number of anilines is 1. The van der Waals surface area contributed by atoms with Crippen LogP contribution in [0.2, 0.25) is 0 Å². The standard InChI is InChI=1S/C11H11N5O/c12-16-11(17)15-10-3-1-2-8(4-10)9-5-13-7-14-6-9/h1-7H,12H2,(H2,15,16,17). The molecule has 0 aliphatic heterocycles. The van der Waals surface area contributed by atoms with Crippen LogP contribution in [0.1, 0.15) is 0 Å². The summed E-state index contributed by atoms with van der Waals surface area (Å²) in [4.78, 5) is 18.9. The number of urea groups is 1. The number of amides is 2. The van der Waals surface area contributed by atoms with Crippen LogP contribution in [0.15, 0.2) is 43.0 Å². The van der Waals surface area contributed by atoms with Gasteiger partial charge >= 0.3 is 6.03 Å². The minimum Gasteiger partial charge on any atom is -0.307 e. The Morgan fingerprint density at radius 1 is 1.18 bits per heavy atom. The molecule has 0 saturated heterocycles. The van der Waals surface area contributed by atoms with Gasteiger partial charge < -0.3 is 5.32 Å². The first-order valence-electron chi connectivity index (χ1n) is 4.92. The van der Waals surface area contributed by atoms with Crippen LogP contribution in [0, 0.1) is 0 Å². The Labute approximate surface area is 97.9 Å². The average molecular weight is 229 g/mol. The Hall–Kier alpha value is -2.47. The second-order valence-electron chi connectivity index (χ2n) is 3.31. The molecule has 6 nitrogen and oxygen atoms in total. The zero-order valence-corrected chi connectivity index (χ0v) is 8.92. The number of hydrogen-bond acceptors (Lipinski definition) is 4. The van der Waals surface area contributed by atoms with E-state index in [2.05, 4.69) is 15.3 Å². The van der Waals surface area contributed by atoms with Crippen LogP contribution >= 0.6 is 0 Å². The van der Waals surface area contributed by atoms with Gasteiger partial charge in [-0.25, -0.2) is 20.6 Å². The highest BCUT2D eigenvalue weighted by Gasteiger charge is 2.02. The second kappa shape index (κ2) is 5.04. The van der Waals surface area contributed by atoms with Crippen molar-refractivity contribution in [2.24, 2.45) is 5.84 Å². The maximum absolute atomic E-state index is 11.1. The normalized spacial score (nSPS) is 9.71. The predicted molar refractivity (Wildman–Crippen MR) is 63.8 cm³/mol. The quantitative estimate of drug-likeness (QED) is 0.409. The van der Waals surface area contributed by atoms with E-state index in [4.69, 9.17) is 5.84 Å². The molecular formula is C11H11N5O. The molecule has 6 heteroatoms. The van der Waals surface area contributed by atoms with E-state index >= 15 is 0 Å². The lowest BCUT2D eigenvalue weighted by Gasteiger charge is -2.06. The van der Waals surface area contributed by atoms with Gasteiger partial charge in [-0.15, -0.1) is 0 Å². The molecule has 2 amide bonds. The molecule has 0 spiro atoms. The van der Waals surface area contributed by atoms with Crippen LogP contribution < -0.4 is 16.6 Å². The van der Waals surface area contributed by atoms with Gasteiger partial charge in [-0.3, -0.25) is 5.43 Å². The van der Waals surface area contributed by atoms with Crippen molar-refractivity contribution in [1.82, 2.24) is 15.4 Å². The van der Waals surface area contributed by atoms with E-state index in [9.17, 15) is 4.79 Å². The summed E-state index contributed by atoms with van der Waals surface area (Å²) in [5, 5.41) is 2.59. The third-order valence-electron chi connectivity index (χ3n) is 2.15. The summed E-state index contributed by atoms with van der Waals surface area (Å²) in [5.41, 5.74) is 4.44. The number of nitrogens with zero attached hydrogens (tertiary/aromatic N) is 2. The zero-order chi connectivity index (χ0) is 12.1. The molecule has 0 saturated carbocycles. The minimum absolute atomic E-state index is 0.466. The number of carbonyl (C=O) groups excluding carboxylic acids is 1. The monoisotopic (exact) mass is 229 g/mol. The summed E-state index contributed by atoms with van der Waals surface area (Å²) in [7, 11) is 0. The summed E-state index contributed by atoms with van der Waals surface area (Å²) in [6.07, 6.45) is 4.87. The Morgan fingerprint density at radius 2 is 1.94 bits per heavy atom. The van der Waals surface area contributed by atoms with Gasteiger partial charge in [0.05, 0.1) is 0 Å². The van der Waals surface area contributed by atoms with Crippen LogP contribution in [0.25, 0.3) is 11.1 Å². The predicted octanol–water partition coefficient (Wildman–Crippen LogP) is 1.14. The third kappa shape index (κ3) is 2.76. The summed E-state index contributed by atoms with van der Waals surface area (Å²) in [6.45, 7) is 0. The van der Waals surface area contributed by atoms with E-state index in [0.29, 0.717) is 5.69 Å². The van der Waals surface area contributed by atoms with Crippen molar-refractivity contribution in [3.05, 3.63) is 43.0 Å². The van der Waals surface area contributed by atoms with Crippen molar-refractivity contribution in [2.45, 2.75) is 0 Å². The van der Waals surface area contributed by atoms with Crippen molar-refractivity contribution in [2.75, 3.05) is 5.32 Å². The number of benzene rings is 1. The van der Waals surface area contributed by atoms with Crippen molar-refractivity contribution in [3.8, 4) is 11.1 Å². The molecule has 86 valence electrons. The zero-order valence-electron chi connectivity index (χ0n) is 8.92. The largest absolute Gasteiger partial charge is 0.333 e. The summed E-state index contributed by atoms with van der Waals surface area (Å²) in [6, 6.07) is 6.85. The SMILES string of the molecule is NNC(=O)Nc1cccc(-c2cncnc2)c1. The smallest absolute Gasteiger partial charge is 0.307 e. The third-order valence-corrected chi connectivity index (χ3v) is 2.15. The van der Waals surface area contributed by atoms with Crippen LogP contribution in [0.4, 0.5) is 10.5 Å². The van der Waals surface area contributed by atoms with Crippen molar-refractivity contribution in [1.29, 1.82) is 0 Å². The summed E-state index contributed by atoms with van der Waals surface area (Å²) in [5.74, 6) is 4.99. The Kier molecular flexibility index (Phi) is 3.27. The molecular weight excluding hydrogens is 218 g/mol. The fraction of sp³-hybridized carbons (Fsp3) is 0. The number of carbonyl (C=O) groups is 1. The molecule has 0 aliphatic rings. The van der Waals surface area contributed by atoms with Gasteiger partial charge in [-0.2, -0.15) is 0 Å². The number of aromatic nitrogens is 2. The molecule has 1 aromatic carbocycles. The highest BCUT2D eigenvalue weighted by atomic mass is 16.2. The molecule has 2 aromatic rings. The molecule has 0 unspecified atom stereocenters. The maximum atomic E-state index is 11.1. The average Bonchev–Trinajstić information content (AvgIpc) is 2.40. The highest BCUT2D eigenvalue weighted by Crippen LogP contribution is 2.20. The van der Waals surface area contributed by atoms with Gasteiger partial charge in [0.1, 0.15) is 6.33 Å². The number of nitrogens with two attached hydrogens (primary N) is 1. The van der Waals surface area contributed by atoms with Gasteiger partial charge in [-0.1, -0.05) is 12.1 Å². The first kappa shape index (κ1) is 11.0. The second-order valence-corrected chi connectivity index (χ2v) is 3.31. The highest BCUT2D eigenvalue weighted by molar-refractivity contribution is 5.89. The van der Waals surface area contributed by atoms with Crippen LogP contribution in [0.5, 0.6) is 0 Å². The topological polar surface area (TPSA) is 92.9 Å². The molecule has 1 heterocycles. The van der Waals surface area contributed by atoms with E-state index < -0.39 is 6.03 Å². The Morgan fingerprint density at radius 3 is 2.65 bits per heavy atom. The first-order chi connectivity index (χ1) is 8.29. The Bertz CT molecular complexity index is 514. The Balaban J connectivity index is 2.26. The van der Waals surface area contributed by atoms with E-state index in [1.807, 2.05) is 23.6 Å². The summed E-state index contributed by atoms with van der Waals surface area (Å²) >= 11 is 0. The van der Waals surface area contributed by atoms with Gasteiger partial charge in [0.15, 0.2) is 0 Å². The van der Waals surface area contributed by atoms with Crippen LogP contribution in [-0.4, -0.2) is 16.0 Å². The van der Waals surface area contributed by atoms with E-state index in [0.717, 1.165) is 11.1 Å². The van der Waals surface area contributed by atoms with Gasteiger partial charge in [0, 0.05) is 23.6 Å². The fourth-order valence-corrected chi connectivity index (χ4v) is 1.39. The number of hydrazine groups is 1. The van der Waals surface area contributed by atoms with Gasteiger partial charge in [0.25, 0.3) is 0 Å².